The van der Waals surface area contributed by atoms with Gasteiger partial charge in [0.05, 0.1) is 12.8 Å². The van der Waals surface area contributed by atoms with Crippen LogP contribution in [0.5, 0.6) is 5.75 Å². The van der Waals surface area contributed by atoms with Crippen molar-refractivity contribution >= 4 is 45.2 Å². The van der Waals surface area contributed by atoms with Crippen LogP contribution in [0.3, 0.4) is 0 Å². The molecule has 0 unspecified atom stereocenters. The molecule has 0 radical (unpaired) electrons. The summed E-state index contributed by atoms with van der Waals surface area (Å²) in [5, 5.41) is 8.85. The fourth-order valence-corrected chi connectivity index (χ4v) is 4.59. The van der Waals surface area contributed by atoms with Gasteiger partial charge in [-0.15, -0.1) is 11.8 Å². The lowest BCUT2D eigenvalue weighted by molar-refractivity contribution is 0.102. The standard InChI is InChI=1S/C26H22N4O3S/c1-29-21-10-5-4-9-20(21)22-23(25(31)27-16-7-6-8-19(15-16)34-3)28-30(26(32)24(22)29)17-11-13-18(33-2)14-12-17/h4-15H,1-3H3,(H,27,31). The molecule has 7 nitrogen and oxygen atoms in total. The molecule has 0 aliphatic rings. The van der Waals surface area contributed by atoms with Crippen molar-refractivity contribution in [3.8, 4) is 11.4 Å². The van der Waals surface area contributed by atoms with Gasteiger partial charge >= 0.3 is 0 Å². The second-order valence-corrected chi connectivity index (χ2v) is 8.63. The van der Waals surface area contributed by atoms with Crippen molar-refractivity contribution in [2.75, 3.05) is 18.7 Å². The molecule has 0 spiro atoms. The molecule has 0 atom stereocenters. The van der Waals surface area contributed by atoms with Crippen molar-refractivity contribution < 1.29 is 9.53 Å². The van der Waals surface area contributed by atoms with Crippen LogP contribution in [-0.4, -0.2) is 33.6 Å². The molecule has 0 saturated heterocycles. The summed E-state index contributed by atoms with van der Waals surface area (Å²) in [7, 11) is 3.41. The molecular formula is C26H22N4O3S. The van der Waals surface area contributed by atoms with Crippen LogP contribution in [-0.2, 0) is 7.05 Å². The van der Waals surface area contributed by atoms with E-state index in [1.54, 1.807) is 43.1 Å². The predicted octanol–water partition coefficient (Wildman–Crippen LogP) is 4.86. The highest BCUT2D eigenvalue weighted by Crippen LogP contribution is 2.29. The molecule has 0 aliphatic carbocycles. The zero-order chi connectivity index (χ0) is 23.8. The third-order valence-corrected chi connectivity index (χ3v) is 6.52. The fourth-order valence-electron chi connectivity index (χ4n) is 4.13. The Hall–Kier alpha value is -4.04. The first kappa shape index (κ1) is 21.8. The number of nitrogens with one attached hydrogen (secondary N) is 1. The molecule has 0 bridgehead atoms. The van der Waals surface area contributed by atoms with E-state index in [1.807, 2.05) is 66.4 Å². The largest absolute Gasteiger partial charge is 0.497 e. The summed E-state index contributed by atoms with van der Waals surface area (Å²) in [4.78, 5) is 28.2. The predicted molar refractivity (Wildman–Crippen MR) is 137 cm³/mol. The lowest BCUT2D eigenvalue weighted by atomic mass is 10.1. The van der Waals surface area contributed by atoms with Crippen molar-refractivity contribution in [1.29, 1.82) is 0 Å². The summed E-state index contributed by atoms with van der Waals surface area (Å²) in [5.74, 6) is 0.274. The number of aromatic nitrogens is 3. The number of ether oxygens (including phenoxy) is 1. The van der Waals surface area contributed by atoms with Gasteiger partial charge in [-0.1, -0.05) is 24.3 Å². The van der Waals surface area contributed by atoms with E-state index in [-0.39, 0.29) is 17.2 Å². The molecule has 34 heavy (non-hydrogen) atoms. The maximum Gasteiger partial charge on any atom is 0.296 e. The van der Waals surface area contributed by atoms with Gasteiger partial charge in [0.15, 0.2) is 5.69 Å². The van der Waals surface area contributed by atoms with Crippen molar-refractivity contribution in [3.05, 3.63) is 88.8 Å². The van der Waals surface area contributed by atoms with Crippen LogP contribution < -0.4 is 15.6 Å². The number of hydrogen-bond acceptors (Lipinski definition) is 5. The zero-order valence-electron chi connectivity index (χ0n) is 18.9. The van der Waals surface area contributed by atoms with E-state index in [0.717, 1.165) is 15.8 Å². The number of methoxy groups -OCH3 is 1. The van der Waals surface area contributed by atoms with Crippen LogP contribution in [0.2, 0.25) is 0 Å². The Balaban J connectivity index is 1.76. The van der Waals surface area contributed by atoms with E-state index in [9.17, 15) is 9.59 Å². The Morgan fingerprint density at radius 3 is 2.53 bits per heavy atom. The Labute approximate surface area is 200 Å². The first-order valence-electron chi connectivity index (χ1n) is 10.6. The first-order valence-corrected chi connectivity index (χ1v) is 11.8. The lowest BCUT2D eigenvalue weighted by Crippen LogP contribution is -2.27. The van der Waals surface area contributed by atoms with Crippen LogP contribution in [0.25, 0.3) is 27.5 Å². The summed E-state index contributed by atoms with van der Waals surface area (Å²) in [6, 6.07) is 22.2. The van der Waals surface area contributed by atoms with Gasteiger partial charge in [0.25, 0.3) is 11.5 Å². The van der Waals surface area contributed by atoms with E-state index in [2.05, 4.69) is 10.4 Å². The van der Waals surface area contributed by atoms with Crippen LogP contribution in [0.4, 0.5) is 5.69 Å². The molecule has 1 N–H and O–H groups in total. The monoisotopic (exact) mass is 470 g/mol. The van der Waals surface area contributed by atoms with Crippen LogP contribution >= 0.6 is 11.8 Å². The smallest absolute Gasteiger partial charge is 0.296 e. The maximum absolute atomic E-state index is 13.6. The first-order chi connectivity index (χ1) is 16.5. The van der Waals surface area contributed by atoms with Gasteiger partial charge in [0.1, 0.15) is 11.3 Å². The van der Waals surface area contributed by atoms with Gasteiger partial charge < -0.3 is 14.6 Å². The average molecular weight is 471 g/mol. The second kappa shape index (κ2) is 8.72. The van der Waals surface area contributed by atoms with Gasteiger partial charge in [0.2, 0.25) is 0 Å². The number of amides is 1. The Morgan fingerprint density at radius 1 is 1.03 bits per heavy atom. The van der Waals surface area contributed by atoms with Crippen LogP contribution in [0, 0.1) is 0 Å². The van der Waals surface area contributed by atoms with Crippen LogP contribution in [0.15, 0.2) is 82.5 Å². The number of nitrogens with zero attached hydrogens (tertiary/aromatic N) is 3. The molecular weight excluding hydrogens is 448 g/mol. The summed E-state index contributed by atoms with van der Waals surface area (Å²) >= 11 is 1.59. The van der Waals surface area contributed by atoms with Crippen molar-refractivity contribution in [2.24, 2.45) is 7.05 Å². The Kier molecular flexibility index (Phi) is 5.59. The summed E-state index contributed by atoms with van der Waals surface area (Å²) in [6.07, 6.45) is 1.98. The van der Waals surface area contributed by atoms with Gasteiger partial charge in [-0.05, 0) is 54.8 Å². The van der Waals surface area contributed by atoms with E-state index in [4.69, 9.17) is 4.74 Å². The third kappa shape index (κ3) is 3.62. The quantitative estimate of drug-likeness (QED) is 0.371. The van der Waals surface area contributed by atoms with E-state index < -0.39 is 0 Å². The molecule has 0 aliphatic heterocycles. The molecule has 0 fully saturated rings. The third-order valence-electron chi connectivity index (χ3n) is 5.80. The van der Waals surface area contributed by atoms with Crippen LogP contribution in [0.1, 0.15) is 10.5 Å². The minimum Gasteiger partial charge on any atom is -0.497 e. The van der Waals surface area contributed by atoms with Gasteiger partial charge in [-0.3, -0.25) is 9.59 Å². The average Bonchev–Trinajstić information content (AvgIpc) is 3.17. The van der Waals surface area contributed by atoms with Gasteiger partial charge in [-0.25, -0.2) is 0 Å². The maximum atomic E-state index is 13.6. The minimum absolute atomic E-state index is 0.178. The minimum atomic E-state index is -0.387. The van der Waals surface area contributed by atoms with Crippen molar-refractivity contribution in [2.45, 2.75) is 4.90 Å². The Bertz CT molecular complexity index is 1600. The number of rotatable bonds is 5. The number of anilines is 1. The number of fused-ring (bicyclic) bond motifs is 3. The summed E-state index contributed by atoms with van der Waals surface area (Å²) < 4.78 is 8.32. The van der Waals surface area contributed by atoms with Crippen molar-refractivity contribution in [1.82, 2.24) is 14.3 Å². The molecule has 170 valence electrons. The number of para-hydroxylation sites is 1. The van der Waals surface area contributed by atoms with Gasteiger partial charge in [0, 0.05) is 33.9 Å². The molecule has 2 heterocycles. The highest BCUT2D eigenvalue weighted by molar-refractivity contribution is 7.98. The molecule has 5 rings (SSSR count). The highest BCUT2D eigenvalue weighted by Gasteiger charge is 2.23. The molecule has 1 amide bonds. The van der Waals surface area contributed by atoms with E-state index in [1.165, 1.54) is 4.68 Å². The molecule has 5 aromatic rings. The van der Waals surface area contributed by atoms with Crippen molar-refractivity contribution in [3.63, 3.8) is 0 Å². The number of carbonyl (C=O) groups excluding carboxylic acids is 1. The second-order valence-electron chi connectivity index (χ2n) is 7.75. The highest BCUT2D eigenvalue weighted by atomic mass is 32.2. The number of hydrogen-bond donors (Lipinski definition) is 1. The topological polar surface area (TPSA) is 78.2 Å². The number of carbonyl (C=O) groups is 1. The number of thioether (sulfide) groups is 1. The summed E-state index contributed by atoms with van der Waals surface area (Å²) in [5.41, 5.74) is 2.33. The molecule has 0 saturated carbocycles. The van der Waals surface area contributed by atoms with Gasteiger partial charge in [-0.2, -0.15) is 9.78 Å². The number of aryl methyl sites for hydroxylation is 1. The Morgan fingerprint density at radius 2 is 1.79 bits per heavy atom. The van der Waals surface area contributed by atoms with E-state index >= 15 is 0 Å². The summed E-state index contributed by atoms with van der Waals surface area (Å²) in [6.45, 7) is 0. The number of benzene rings is 3. The van der Waals surface area contributed by atoms with E-state index in [0.29, 0.717) is 28.0 Å². The normalized spacial score (nSPS) is 11.1. The zero-order valence-corrected chi connectivity index (χ0v) is 19.7. The fraction of sp³-hybridized carbons (Fsp3) is 0.115. The SMILES string of the molecule is COc1ccc(-n2nc(C(=O)Nc3cccc(SC)c3)c3c4ccccc4n(C)c3c2=O)cc1. The lowest BCUT2D eigenvalue weighted by Gasteiger charge is -2.11. The molecule has 8 heteroatoms. The molecule has 3 aromatic carbocycles. The molecule has 2 aromatic heterocycles.